The molecule has 2 heterocycles. The summed E-state index contributed by atoms with van der Waals surface area (Å²) in [6.45, 7) is 5.85. The summed E-state index contributed by atoms with van der Waals surface area (Å²) in [4.78, 5) is 68.7. The second kappa shape index (κ2) is 19.1. The van der Waals surface area contributed by atoms with Crippen LogP contribution in [0.25, 0.3) is 0 Å². The van der Waals surface area contributed by atoms with E-state index in [1.54, 1.807) is 50.2 Å². The number of hydrogen-bond acceptors (Lipinski definition) is 10. The average molecular weight is 726 g/mol. The SMILES string of the molecule is COc1ccc2cc1Oc1cccc(OC)c1CNC(=O)[C@@H](C(C)C)NC(=O)[C@H]([C@@H](C)O)NC(=O)CN(C(=O)C1CCOCC1)CCCCNC2=O. The van der Waals surface area contributed by atoms with Crippen LogP contribution in [0.1, 0.15) is 62.4 Å². The van der Waals surface area contributed by atoms with Gasteiger partial charge in [0.2, 0.25) is 23.6 Å². The van der Waals surface area contributed by atoms with E-state index < -0.39 is 35.9 Å². The van der Waals surface area contributed by atoms with Crippen LogP contribution >= 0.6 is 0 Å². The van der Waals surface area contributed by atoms with Crippen molar-refractivity contribution in [1.29, 1.82) is 0 Å². The number of aliphatic hydroxyl groups is 1. The molecular weight excluding hydrogens is 674 g/mol. The zero-order chi connectivity index (χ0) is 37.8. The lowest BCUT2D eigenvalue weighted by Gasteiger charge is -2.30. The number of methoxy groups -OCH3 is 2. The minimum Gasteiger partial charge on any atom is -0.496 e. The number of aliphatic hydroxyl groups excluding tert-OH is 1. The smallest absolute Gasteiger partial charge is 0.251 e. The highest BCUT2D eigenvalue weighted by Crippen LogP contribution is 2.37. The van der Waals surface area contributed by atoms with Gasteiger partial charge in [-0.1, -0.05) is 19.9 Å². The molecule has 5 amide bonds. The molecule has 0 unspecified atom stereocenters. The Labute approximate surface area is 304 Å². The molecular formula is C37H51N5O10. The first-order chi connectivity index (χ1) is 24.9. The van der Waals surface area contributed by atoms with E-state index in [4.69, 9.17) is 18.9 Å². The Balaban J connectivity index is 1.66. The normalized spacial score (nSPS) is 21.0. The summed E-state index contributed by atoms with van der Waals surface area (Å²) in [5.41, 5.74) is 0.805. The van der Waals surface area contributed by atoms with Gasteiger partial charge in [-0.3, -0.25) is 24.0 Å². The number of rotatable bonds is 5. The summed E-state index contributed by atoms with van der Waals surface area (Å²) in [5.74, 6) is -1.81. The van der Waals surface area contributed by atoms with Gasteiger partial charge in [-0.15, -0.1) is 0 Å². The van der Waals surface area contributed by atoms with Gasteiger partial charge in [-0.05, 0) is 68.9 Å². The Morgan fingerprint density at radius 1 is 0.885 bits per heavy atom. The van der Waals surface area contributed by atoms with Crippen molar-refractivity contribution in [3.63, 3.8) is 0 Å². The molecule has 0 aliphatic carbocycles. The number of hydrogen-bond donors (Lipinski definition) is 5. The van der Waals surface area contributed by atoms with Crippen molar-refractivity contribution in [3.8, 4) is 23.0 Å². The fraction of sp³-hybridized carbons (Fsp3) is 0.541. The maximum absolute atomic E-state index is 13.6. The van der Waals surface area contributed by atoms with E-state index in [0.717, 1.165) is 0 Å². The Kier molecular flexibility index (Phi) is 14.6. The average Bonchev–Trinajstić information content (AvgIpc) is 3.13. The Morgan fingerprint density at radius 3 is 2.29 bits per heavy atom. The summed E-state index contributed by atoms with van der Waals surface area (Å²) in [6, 6.07) is 7.45. The van der Waals surface area contributed by atoms with Crippen molar-refractivity contribution in [2.75, 3.05) is 47.1 Å². The number of carbonyl (C=O) groups excluding carboxylic acids is 5. The summed E-state index contributed by atoms with van der Waals surface area (Å²) in [6.07, 6.45) is 0.712. The number of nitrogens with one attached hydrogen (secondary N) is 4. The molecule has 4 rings (SSSR count). The first-order valence-corrected chi connectivity index (χ1v) is 17.7. The van der Waals surface area contributed by atoms with E-state index in [1.165, 1.54) is 26.0 Å². The van der Waals surface area contributed by atoms with Gasteiger partial charge in [0.1, 0.15) is 23.6 Å². The van der Waals surface area contributed by atoms with E-state index in [1.807, 2.05) is 0 Å². The first kappa shape index (κ1) is 39.9. The van der Waals surface area contributed by atoms with Gasteiger partial charge >= 0.3 is 0 Å². The topological polar surface area (TPSA) is 194 Å². The van der Waals surface area contributed by atoms with Crippen LogP contribution in [0, 0.1) is 11.8 Å². The largest absolute Gasteiger partial charge is 0.496 e. The minimum atomic E-state index is -1.41. The fourth-order valence-electron chi connectivity index (χ4n) is 6.09. The van der Waals surface area contributed by atoms with Crippen molar-refractivity contribution < 1.29 is 48.0 Å². The quantitative estimate of drug-likeness (QED) is 0.304. The molecule has 0 spiro atoms. The molecule has 1 saturated heterocycles. The highest BCUT2D eigenvalue weighted by Gasteiger charge is 2.33. The number of ether oxygens (including phenoxy) is 4. The second-order valence-electron chi connectivity index (χ2n) is 13.2. The zero-order valence-corrected chi connectivity index (χ0v) is 30.5. The van der Waals surface area contributed by atoms with Gasteiger partial charge in [-0.25, -0.2) is 0 Å². The molecule has 5 N–H and O–H groups in total. The molecule has 2 aromatic carbocycles. The minimum absolute atomic E-state index is 0.0622. The molecule has 3 atom stereocenters. The van der Waals surface area contributed by atoms with E-state index in [9.17, 15) is 29.1 Å². The van der Waals surface area contributed by atoms with Crippen LogP contribution in [0.4, 0.5) is 0 Å². The third-order valence-corrected chi connectivity index (χ3v) is 9.08. The molecule has 0 saturated carbocycles. The fourth-order valence-corrected chi connectivity index (χ4v) is 6.09. The molecule has 15 heteroatoms. The Bertz CT molecular complexity index is 1580. The third kappa shape index (κ3) is 10.6. The molecule has 2 aliphatic heterocycles. The van der Waals surface area contributed by atoms with Crippen LogP contribution in [-0.4, -0.2) is 105 Å². The molecule has 0 radical (unpaired) electrons. The number of amides is 5. The van der Waals surface area contributed by atoms with Gasteiger partial charge < -0.3 is 50.2 Å². The van der Waals surface area contributed by atoms with Gasteiger partial charge in [0.15, 0.2) is 11.5 Å². The maximum atomic E-state index is 13.6. The predicted octanol–water partition coefficient (Wildman–Crippen LogP) is 1.90. The van der Waals surface area contributed by atoms with Crippen molar-refractivity contribution in [1.82, 2.24) is 26.2 Å². The Morgan fingerprint density at radius 2 is 1.62 bits per heavy atom. The van der Waals surface area contributed by atoms with Gasteiger partial charge in [0.25, 0.3) is 5.91 Å². The van der Waals surface area contributed by atoms with E-state index >= 15 is 0 Å². The van der Waals surface area contributed by atoms with Crippen LogP contribution in [0.5, 0.6) is 23.0 Å². The van der Waals surface area contributed by atoms with Gasteiger partial charge in [0.05, 0.1) is 39.0 Å². The van der Waals surface area contributed by atoms with Crippen molar-refractivity contribution in [2.45, 2.75) is 71.2 Å². The second-order valence-corrected chi connectivity index (χ2v) is 13.2. The highest BCUT2D eigenvalue weighted by molar-refractivity contribution is 5.95. The summed E-state index contributed by atoms with van der Waals surface area (Å²) in [5, 5.41) is 21.5. The summed E-state index contributed by atoms with van der Waals surface area (Å²) < 4.78 is 22.8. The van der Waals surface area contributed by atoms with E-state index in [0.29, 0.717) is 73.8 Å². The monoisotopic (exact) mass is 725 g/mol. The van der Waals surface area contributed by atoms with E-state index in [-0.39, 0.29) is 49.0 Å². The molecule has 1 fully saturated rings. The number of fused-ring (bicyclic) bond motifs is 3. The zero-order valence-electron chi connectivity index (χ0n) is 30.5. The first-order valence-electron chi connectivity index (χ1n) is 17.7. The molecule has 15 nitrogen and oxygen atoms in total. The molecule has 2 bridgehead atoms. The van der Waals surface area contributed by atoms with Crippen LogP contribution < -0.4 is 35.5 Å². The van der Waals surface area contributed by atoms with Crippen LogP contribution in [0.2, 0.25) is 0 Å². The van der Waals surface area contributed by atoms with Crippen molar-refractivity contribution >= 4 is 29.5 Å². The van der Waals surface area contributed by atoms with Crippen LogP contribution in [0.3, 0.4) is 0 Å². The van der Waals surface area contributed by atoms with Gasteiger partial charge in [-0.2, -0.15) is 0 Å². The lowest BCUT2D eigenvalue weighted by atomic mass is 9.98. The van der Waals surface area contributed by atoms with Crippen molar-refractivity contribution in [2.24, 2.45) is 11.8 Å². The lowest BCUT2D eigenvalue weighted by molar-refractivity contribution is -0.143. The molecule has 2 aliphatic rings. The predicted molar refractivity (Wildman–Crippen MR) is 190 cm³/mol. The van der Waals surface area contributed by atoms with Crippen LogP contribution in [0.15, 0.2) is 36.4 Å². The number of nitrogens with zero attached hydrogens (tertiary/aromatic N) is 1. The molecule has 52 heavy (non-hydrogen) atoms. The summed E-state index contributed by atoms with van der Waals surface area (Å²) >= 11 is 0. The molecule has 2 aromatic rings. The standard InChI is InChI=1S/C37H51N5O10/c1-22(2)32-35(46)39-20-26-27(49-4)9-8-10-28(26)52-30-19-25(11-12-29(30)50-5)34(45)38-15-6-7-16-42(37(48)24-13-17-51-18-14-24)21-31(44)40-33(23(3)43)36(47)41-32/h8-12,19,22-24,32-33,43H,6-7,13-18,20-21H2,1-5H3,(H,38,45)(H,39,46)(H,40,44)(H,41,47)/t23-,32-,33+/m1/s1. The number of carbonyl (C=O) groups is 5. The third-order valence-electron chi connectivity index (χ3n) is 9.08. The maximum Gasteiger partial charge on any atom is 0.251 e. The lowest BCUT2D eigenvalue weighted by Crippen LogP contribution is -2.59. The van der Waals surface area contributed by atoms with E-state index in [2.05, 4.69) is 21.3 Å². The van der Waals surface area contributed by atoms with Crippen molar-refractivity contribution in [3.05, 3.63) is 47.5 Å². The summed E-state index contributed by atoms with van der Waals surface area (Å²) in [7, 11) is 2.96. The van der Waals surface area contributed by atoms with Gasteiger partial charge in [0, 0.05) is 37.8 Å². The number of benzene rings is 2. The van der Waals surface area contributed by atoms with Crippen LogP contribution in [-0.2, 0) is 30.5 Å². The molecule has 0 aromatic heterocycles. The highest BCUT2D eigenvalue weighted by atomic mass is 16.5. The Hall–Kier alpha value is -4.89. The molecule has 284 valence electrons.